The van der Waals surface area contributed by atoms with Crippen molar-refractivity contribution in [3.8, 4) is 11.6 Å². The first-order chi connectivity index (χ1) is 13.9. The average molecular weight is 412 g/mol. The van der Waals surface area contributed by atoms with Crippen LogP contribution in [-0.4, -0.2) is 39.7 Å². The predicted molar refractivity (Wildman–Crippen MR) is 106 cm³/mol. The molecule has 148 valence electrons. The Morgan fingerprint density at radius 3 is 2.79 bits per heavy atom. The normalized spacial score (nSPS) is 12.4. The number of hydrogen-bond acceptors (Lipinski definition) is 6. The summed E-state index contributed by atoms with van der Waals surface area (Å²) in [5.41, 5.74) is 3.08. The minimum absolute atomic E-state index is 0.0631. The molecule has 0 N–H and O–H groups in total. The molecule has 0 saturated heterocycles. The number of ketones is 1. The molecule has 0 bridgehead atoms. The maximum atomic E-state index is 12.5. The molecular formula is C21H18ClN3O4. The van der Waals surface area contributed by atoms with E-state index >= 15 is 0 Å². The molecular weight excluding hydrogens is 394 g/mol. The van der Waals surface area contributed by atoms with Gasteiger partial charge in [-0.2, -0.15) is 5.10 Å². The Morgan fingerprint density at radius 2 is 2.03 bits per heavy atom. The van der Waals surface area contributed by atoms with Gasteiger partial charge in [-0.3, -0.25) is 4.79 Å². The second-order valence-electron chi connectivity index (χ2n) is 6.76. The molecule has 3 aromatic rings. The zero-order chi connectivity index (χ0) is 20.5. The van der Waals surface area contributed by atoms with Crippen molar-refractivity contribution in [2.24, 2.45) is 0 Å². The number of fused-ring (bicyclic) bond motifs is 1. The van der Waals surface area contributed by atoms with Crippen LogP contribution in [0.4, 0.5) is 0 Å². The van der Waals surface area contributed by atoms with Crippen LogP contribution in [0.1, 0.15) is 37.8 Å². The van der Waals surface area contributed by atoms with E-state index in [0.29, 0.717) is 18.0 Å². The standard InChI is InChI=1S/C21H18ClN3O4/c1-12-9-13(2)25(24-12)19-6-4-16(22)20(23-19)21(27)29-11-17(26)14-3-5-18-15(10-14)7-8-28-18/h3-6,9-10H,7-8,11H2,1-2H3. The molecule has 0 saturated carbocycles. The van der Waals surface area contributed by atoms with E-state index in [9.17, 15) is 9.59 Å². The lowest BCUT2D eigenvalue weighted by molar-refractivity contribution is 0.0469. The number of carbonyl (C=O) groups excluding carboxylic acids is 2. The smallest absolute Gasteiger partial charge is 0.359 e. The van der Waals surface area contributed by atoms with Crippen LogP contribution in [0.5, 0.6) is 5.75 Å². The molecule has 8 heteroatoms. The zero-order valence-corrected chi connectivity index (χ0v) is 16.7. The van der Waals surface area contributed by atoms with Gasteiger partial charge in [0.15, 0.2) is 23.9 Å². The molecule has 0 spiro atoms. The van der Waals surface area contributed by atoms with Crippen LogP contribution in [0.15, 0.2) is 36.4 Å². The number of ether oxygens (including phenoxy) is 2. The van der Waals surface area contributed by atoms with Crippen molar-refractivity contribution >= 4 is 23.4 Å². The Hall–Kier alpha value is -3.19. The summed E-state index contributed by atoms with van der Waals surface area (Å²) >= 11 is 6.13. The Kier molecular flexibility index (Phi) is 5.07. The fourth-order valence-electron chi connectivity index (χ4n) is 3.20. The van der Waals surface area contributed by atoms with Crippen molar-refractivity contribution in [3.63, 3.8) is 0 Å². The fourth-order valence-corrected chi connectivity index (χ4v) is 3.38. The minimum Gasteiger partial charge on any atom is -0.493 e. The van der Waals surface area contributed by atoms with Crippen molar-refractivity contribution in [1.82, 2.24) is 14.8 Å². The van der Waals surface area contributed by atoms with Crippen LogP contribution in [-0.2, 0) is 11.2 Å². The van der Waals surface area contributed by atoms with Gasteiger partial charge in [-0.15, -0.1) is 0 Å². The summed E-state index contributed by atoms with van der Waals surface area (Å²) in [7, 11) is 0. The summed E-state index contributed by atoms with van der Waals surface area (Å²) in [4.78, 5) is 29.2. The molecule has 1 aromatic carbocycles. The number of Topliss-reactive ketones (excluding diaryl/α,β-unsaturated/α-hetero) is 1. The van der Waals surface area contributed by atoms with Crippen molar-refractivity contribution in [1.29, 1.82) is 0 Å². The van der Waals surface area contributed by atoms with E-state index in [1.807, 2.05) is 19.9 Å². The monoisotopic (exact) mass is 411 g/mol. The maximum Gasteiger partial charge on any atom is 0.359 e. The summed E-state index contributed by atoms with van der Waals surface area (Å²) in [6, 6.07) is 10.3. The van der Waals surface area contributed by atoms with E-state index in [1.165, 1.54) is 0 Å². The second kappa shape index (κ2) is 7.67. The first kappa shape index (κ1) is 19.1. The lowest BCUT2D eigenvalue weighted by atomic mass is 10.1. The van der Waals surface area contributed by atoms with E-state index in [-0.39, 0.29) is 16.5 Å². The van der Waals surface area contributed by atoms with E-state index in [1.54, 1.807) is 35.0 Å². The number of aryl methyl sites for hydroxylation is 2. The molecule has 1 aliphatic heterocycles. The minimum atomic E-state index is -0.767. The van der Waals surface area contributed by atoms with Crippen LogP contribution in [0.2, 0.25) is 5.02 Å². The Bertz CT molecular complexity index is 1120. The number of halogens is 1. The topological polar surface area (TPSA) is 83.3 Å². The number of benzene rings is 1. The Balaban J connectivity index is 1.49. The molecule has 0 atom stereocenters. The number of aromatic nitrogens is 3. The zero-order valence-electron chi connectivity index (χ0n) is 15.9. The number of rotatable bonds is 5. The van der Waals surface area contributed by atoms with Gasteiger partial charge in [0.2, 0.25) is 0 Å². The average Bonchev–Trinajstić information content (AvgIpc) is 3.31. The lowest BCUT2D eigenvalue weighted by Gasteiger charge is -2.09. The highest BCUT2D eigenvalue weighted by molar-refractivity contribution is 6.33. The molecule has 7 nitrogen and oxygen atoms in total. The van der Waals surface area contributed by atoms with Crippen LogP contribution in [0.3, 0.4) is 0 Å². The molecule has 2 aromatic heterocycles. The predicted octanol–water partition coefficient (Wildman–Crippen LogP) is 3.51. The quantitative estimate of drug-likeness (QED) is 0.472. The Morgan fingerprint density at radius 1 is 1.21 bits per heavy atom. The lowest BCUT2D eigenvalue weighted by Crippen LogP contribution is -2.16. The molecule has 0 amide bonds. The molecule has 3 heterocycles. The molecule has 0 fully saturated rings. The third kappa shape index (κ3) is 3.86. The summed E-state index contributed by atoms with van der Waals surface area (Å²) in [6.45, 7) is 3.96. The van der Waals surface area contributed by atoms with Crippen molar-refractivity contribution in [2.75, 3.05) is 13.2 Å². The van der Waals surface area contributed by atoms with Crippen molar-refractivity contribution in [3.05, 3.63) is 69.6 Å². The van der Waals surface area contributed by atoms with Gasteiger partial charge in [-0.05, 0) is 55.8 Å². The molecule has 29 heavy (non-hydrogen) atoms. The second-order valence-corrected chi connectivity index (χ2v) is 7.17. The summed E-state index contributed by atoms with van der Waals surface area (Å²) in [5, 5.41) is 4.49. The third-order valence-corrected chi connectivity index (χ3v) is 4.90. The van der Waals surface area contributed by atoms with Gasteiger partial charge in [0, 0.05) is 17.7 Å². The summed E-state index contributed by atoms with van der Waals surface area (Å²) < 4.78 is 12.2. The van der Waals surface area contributed by atoms with Gasteiger partial charge >= 0.3 is 5.97 Å². The highest BCUT2D eigenvalue weighted by atomic mass is 35.5. The third-order valence-electron chi connectivity index (χ3n) is 4.60. The van der Waals surface area contributed by atoms with Gasteiger partial charge in [0.25, 0.3) is 0 Å². The fraction of sp³-hybridized carbons (Fsp3) is 0.238. The van der Waals surface area contributed by atoms with E-state index in [4.69, 9.17) is 21.1 Å². The van der Waals surface area contributed by atoms with Crippen LogP contribution >= 0.6 is 11.6 Å². The molecule has 0 unspecified atom stereocenters. The van der Waals surface area contributed by atoms with Gasteiger partial charge < -0.3 is 9.47 Å². The molecule has 1 aliphatic rings. The number of hydrogen-bond donors (Lipinski definition) is 0. The number of nitrogens with zero attached hydrogens (tertiary/aromatic N) is 3. The first-order valence-corrected chi connectivity index (χ1v) is 9.46. The Labute approximate surface area is 172 Å². The molecule has 0 aliphatic carbocycles. The largest absolute Gasteiger partial charge is 0.493 e. The van der Waals surface area contributed by atoms with E-state index < -0.39 is 12.6 Å². The summed E-state index contributed by atoms with van der Waals surface area (Å²) in [5.74, 6) is 0.155. The highest BCUT2D eigenvalue weighted by Crippen LogP contribution is 2.26. The van der Waals surface area contributed by atoms with Gasteiger partial charge in [0.1, 0.15) is 5.75 Å². The molecule has 4 rings (SSSR count). The maximum absolute atomic E-state index is 12.5. The SMILES string of the molecule is Cc1cc(C)n(-c2ccc(Cl)c(C(=O)OCC(=O)c3ccc4c(c3)CCO4)n2)n1. The van der Waals surface area contributed by atoms with Gasteiger partial charge in [0.05, 0.1) is 17.3 Å². The first-order valence-electron chi connectivity index (χ1n) is 9.08. The van der Waals surface area contributed by atoms with Crippen molar-refractivity contribution < 1.29 is 19.1 Å². The number of carbonyl (C=O) groups is 2. The van der Waals surface area contributed by atoms with Crippen LogP contribution in [0.25, 0.3) is 5.82 Å². The van der Waals surface area contributed by atoms with E-state index in [2.05, 4.69) is 10.1 Å². The van der Waals surface area contributed by atoms with Gasteiger partial charge in [-0.25, -0.2) is 14.5 Å². The number of pyridine rings is 1. The van der Waals surface area contributed by atoms with Crippen molar-refractivity contribution in [2.45, 2.75) is 20.3 Å². The summed E-state index contributed by atoms with van der Waals surface area (Å²) in [6.07, 6.45) is 0.759. The number of esters is 1. The highest BCUT2D eigenvalue weighted by Gasteiger charge is 2.20. The van der Waals surface area contributed by atoms with Gasteiger partial charge in [-0.1, -0.05) is 11.6 Å². The van der Waals surface area contributed by atoms with Crippen LogP contribution in [0, 0.1) is 13.8 Å². The van der Waals surface area contributed by atoms with Crippen LogP contribution < -0.4 is 4.74 Å². The van der Waals surface area contributed by atoms with E-state index in [0.717, 1.165) is 29.1 Å². The molecule has 0 radical (unpaired) electrons.